The summed E-state index contributed by atoms with van der Waals surface area (Å²) < 4.78 is 0. The summed E-state index contributed by atoms with van der Waals surface area (Å²) in [5.74, 6) is 0. The van der Waals surface area contributed by atoms with Crippen molar-refractivity contribution in [3.05, 3.63) is 0 Å². The highest BCUT2D eigenvalue weighted by atomic mass is 15.1. The lowest BCUT2D eigenvalue weighted by Gasteiger charge is -2.27. The first-order valence-electron chi connectivity index (χ1n) is 5.95. The van der Waals surface area contributed by atoms with Gasteiger partial charge < -0.3 is 10.6 Å². The molecule has 0 saturated heterocycles. The maximum Gasteiger partial charge on any atom is 0.0104 e. The summed E-state index contributed by atoms with van der Waals surface area (Å²) in [6, 6.07) is 0.778. The second-order valence-corrected chi connectivity index (χ2v) is 5.52. The van der Waals surface area contributed by atoms with E-state index < -0.39 is 0 Å². The molecular formula is C12H26N2. The molecule has 0 bridgehead atoms. The van der Waals surface area contributed by atoms with Gasteiger partial charge in [-0.05, 0) is 38.1 Å². The van der Waals surface area contributed by atoms with Crippen LogP contribution in [0.25, 0.3) is 0 Å². The van der Waals surface area contributed by atoms with E-state index in [1.807, 2.05) is 0 Å². The van der Waals surface area contributed by atoms with E-state index in [0.717, 1.165) is 19.1 Å². The molecule has 1 rings (SSSR count). The highest BCUT2D eigenvalue weighted by Crippen LogP contribution is 2.34. The van der Waals surface area contributed by atoms with Gasteiger partial charge in [0.25, 0.3) is 0 Å². The topological polar surface area (TPSA) is 29.3 Å². The summed E-state index contributed by atoms with van der Waals surface area (Å²) in [6.45, 7) is 6.64. The van der Waals surface area contributed by atoms with Crippen molar-refractivity contribution < 1.29 is 0 Å². The van der Waals surface area contributed by atoms with Crippen molar-refractivity contribution in [2.75, 3.05) is 20.1 Å². The maximum atomic E-state index is 5.59. The van der Waals surface area contributed by atoms with Crippen LogP contribution in [0.15, 0.2) is 0 Å². The molecule has 0 radical (unpaired) electrons. The summed E-state index contributed by atoms with van der Waals surface area (Å²) in [7, 11) is 2.22. The van der Waals surface area contributed by atoms with Crippen molar-refractivity contribution in [2.24, 2.45) is 11.1 Å². The molecule has 84 valence electrons. The summed E-state index contributed by atoms with van der Waals surface area (Å²) >= 11 is 0. The minimum atomic E-state index is 0.568. The van der Waals surface area contributed by atoms with Crippen LogP contribution >= 0.6 is 0 Å². The molecule has 2 N–H and O–H groups in total. The van der Waals surface area contributed by atoms with Gasteiger partial charge in [0.05, 0.1) is 0 Å². The van der Waals surface area contributed by atoms with Crippen LogP contribution in [-0.4, -0.2) is 31.1 Å². The first-order chi connectivity index (χ1) is 6.55. The smallest absolute Gasteiger partial charge is 0.0104 e. The number of rotatable bonds is 3. The van der Waals surface area contributed by atoms with Crippen LogP contribution in [0.2, 0.25) is 0 Å². The van der Waals surface area contributed by atoms with Crippen molar-refractivity contribution in [1.29, 1.82) is 0 Å². The number of hydrogen-bond donors (Lipinski definition) is 1. The third-order valence-electron chi connectivity index (χ3n) is 3.65. The number of hydrogen-bond acceptors (Lipinski definition) is 2. The van der Waals surface area contributed by atoms with E-state index in [2.05, 4.69) is 25.8 Å². The molecule has 14 heavy (non-hydrogen) atoms. The Labute approximate surface area is 88.8 Å². The number of likely N-dealkylation sites (N-methyl/N-ethyl adjacent to an activating group) is 1. The van der Waals surface area contributed by atoms with Gasteiger partial charge in [0, 0.05) is 19.1 Å². The Morgan fingerprint density at radius 1 is 1.29 bits per heavy atom. The first-order valence-corrected chi connectivity index (χ1v) is 5.95. The molecule has 0 aliphatic heterocycles. The van der Waals surface area contributed by atoms with Gasteiger partial charge in [0.2, 0.25) is 0 Å². The van der Waals surface area contributed by atoms with Crippen LogP contribution < -0.4 is 5.73 Å². The van der Waals surface area contributed by atoms with E-state index in [4.69, 9.17) is 5.73 Å². The highest BCUT2D eigenvalue weighted by molar-refractivity contribution is 4.80. The molecular weight excluding hydrogens is 172 g/mol. The molecule has 0 aromatic rings. The molecule has 1 aliphatic rings. The average molecular weight is 198 g/mol. The van der Waals surface area contributed by atoms with Gasteiger partial charge in [-0.1, -0.05) is 20.3 Å². The molecule has 2 nitrogen and oxygen atoms in total. The molecule has 1 aliphatic carbocycles. The van der Waals surface area contributed by atoms with Gasteiger partial charge in [-0.25, -0.2) is 0 Å². The minimum absolute atomic E-state index is 0.568. The quantitative estimate of drug-likeness (QED) is 0.705. The molecule has 1 unspecified atom stereocenters. The van der Waals surface area contributed by atoms with Crippen LogP contribution in [0.4, 0.5) is 0 Å². The van der Waals surface area contributed by atoms with Crippen molar-refractivity contribution in [3.63, 3.8) is 0 Å². The molecule has 1 atom stereocenters. The van der Waals surface area contributed by atoms with E-state index in [1.165, 1.54) is 32.1 Å². The van der Waals surface area contributed by atoms with E-state index in [0.29, 0.717) is 5.41 Å². The summed E-state index contributed by atoms with van der Waals surface area (Å²) in [6.07, 6.45) is 6.85. The number of nitrogens with two attached hydrogens (primary N) is 1. The van der Waals surface area contributed by atoms with Crippen LogP contribution in [0.3, 0.4) is 0 Å². The van der Waals surface area contributed by atoms with Gasteiger partial charge in [-0.3, -0.25) is 0 Å². The van der Waals surface area contributed by atoms with Crippen LogP contribution in [0.5, 0.6) is 0 Å². The Hall–Kier alpha value is -0.0800. The molecule has 2 heteroatoms. The van der Waals surface area contributed by atoms with Gasteiger partial charge in [-0.15, -0.1) is 0 Å². The predicted molar refractivity (Wildman–Crippen MR) is 62.3 cm³/mol. The third-order valence-corrected chi connectivity index (χ3v) is 3.65. The van der Waals surface area contributed by atoms with Gasteiger partial charge in [-0.2, -0.15) is 0 Å². The maximum absolute atomic E-state index is 5.59. The van der Waals surface area contributed by atoms with E-state index in [-0.39, 0.29) is 0 Å². The molecule has 1 fully saturated rings. The third kappa shape index (κ3) is 3.58. The minimum Gasteiger partial charge on any atom is -0.329 e. The lowest BCUT2D eigenvalue weighted by molar-refractivity contribution is 0.219. The molecule has 0 spiro atoms. The van der Waals surface area contributed by atoms with Crippen molar-refractivity contribution in [3.8, 4) is 0 Å². The largest absolute Gasteiger partial charge is 0.329 e. The standard InChI is InChI=1S/C12H26N2/c1-12(2)7-4-5-11(6-8-12)14(3)10-9-13/h11H,4-10,13H2,1-3H3. The van der Waals surface area contributed by atoms with Crippen molar-refractivity contribution in [2.45, 2.75) is 52.0 Å². The molecule has 0 aromatic carbocycles. The highest BCUT2D eigenvalue weighted by Gasteiger charge is 2.25. The lowest BCUT2D eigenvalue weighted by Crippen LogP contribution is -2.35. The second kappa shape index (κ2) is 5.13. The molecule has 0 heterocycles. The monoisotopic (exact) mass is 198 g/mol. The molecule has 1 saturated carbocycles. The summed E-state index contributed by atoms with van der Waals surface area (Å²) in [5, 5.41) is 0. The fourth-order valence-corrected chi connectivity index (χ4v) is 2.47. The Bertz CT molecular complexity index is 166. The summed E-state index contributed by atoms with van der Waals surface area (Å²) in [5.41, 5.74) is 6.15. The van der Waals surface area contributed by atoms with Crippen molar-refractivity contribution in [1.82, 2.24) is 4.90 Å². The second-order valence-electron chi connectivity index (χ2n) is 5.52. The zero-order chi connectivity index (χ0) is 10.6. The Kier molecular flexibility index (Phi) is 4.39. The van der Waals surface area contributed by atoms with Gasteiger partial charge in [0.1, 0.15) is 0 Å². The number of nitrogens with zero attached hydrogens (tertiary/aromatic N) is 1. The van der Waals surface area contributed by atoms with Crippen LogP contribution in [0, 0.1) is 5.41 Å². The Morgan fingerprint density at radius 2 is 2.00 bits per heavy atom. The van der Waals surface area contributed by atoms with Crippen LogP contribution in [0.1, 0.15) is 46.0 Å². The molecule has 0 amide bonds. The SMILES string of the molecule is CN(CCN)C1CCCC(C)(C)CC1. The van der Waals surface area contributed by atoms with Crippen molar-refractivity contribution >= 4 is 0 Å². The fourth-order valence-electron chi connectivity index (χ4n) is 2.47. The van der Waals surface area contributed by atoms with E-state index in [1.54, 1.807) is 0 Å². The van der Waals surface area contributed by atoms with Gasteiger partial charge in [0.15, 0.2) is 0 Å². The van der Waals surface area contributed by atoms with E-state index >= 15 is 0 Å². The Morgan fingerprint density at radius 3 is 2.64 bits per heavy atom. The van der Waals surface area contributed by atoms with E-state index in [9.17, 15) is 0 Å². The first kappa shape index (κ1) is 12.0. The normalized spacial score (nSPS) is 27.6. The predicted octanol–water partition coefficient (Wildman–Crippen LogP) is 2.24. The zero-order valence-corrected chi connectivity index (χ0v) is 10.1. The summed E-state index contributed by atoms with van der Waals surface area (Å²) in [4.78, 5) is 2.45. The van der Waals surface area contributed by atoms with Gasteiger partial charge >= 0.3 is 0 Å². The fraction of sp³-hybridized carbons (Fsp3) is 1.00. The average Bonchev–Trinajstić information content (AvgIpc) is 2.27. The lowest BCUT2D eigenvalue weighted by atomic mass is 9.85. The molecule has 0 aromatic heterocycles. The zero-order valence-electron chi connectivity index (χ0n) is 10.1. The van der Waals surface area contributed by atoms with Crippen LogP contribution in [-0.2, 0) is 0 Å². The Balaban J connectivity index is 2.41.